The van der Waals surface area contributed by atoms with E-state index in [1.54, 1.807) is 18.2 Å². The monoisotopic (exact) mass is 460 g/mol. The minimum absolute atomic E-state index is 0.0337. The molecular formula is C23H25ClN2O6. The van der Waals surface area contributed by atoms with Crippen LogP contribution in [0.3, 0.4) is 0 Å². The third kappa shape index (κ3) is 4.37. The average molecular weight is 461 g/mol. The van der Waals surface area contributed by atoms with Crippen molar-refractivity contribution in [3.63, 3.8) is 0 Å². The molecule has 1 atom stereocenters. The van der Waals surface area contributed by atoms with Crippen LogP contribution in [0, 0.1) is 0 Å². The highest BCUT2D eigenvalue weighted by Crippen LogP contribution is 2.43. The van der Waals surface area contributed by atoms with Crippen LogP contribution in [0.15, 0.2) is 42.0 Å². The Morgan fingerprint density at radius 1 is 1.09 bits per heavy atom. The number of carbonyl (C=O) groups excluding carboxylic acids is 2. The Bertz CT molecular complexity index is 1080. The number of hydrogen-bond donors (Lipinski definition) is 2. The van der Waals surface area contributed by atoms with Crippen LogP contribution in [0.25, 0.3) is 5.76 Å². The van der Waals surface area contributed by atoms with Crippen molar-refractivity contribution in [2.75, 3.05) is 41.4 Å². The van der Waals surface area contributed by atoms with Crippen LogP contribution in [-0.2, 0) is 9.59 Å². The van der Waals surface area contributed by atoms with Gasteiger partial charge in [0.05, 0.1) is 31.4 Å². The number of likely N-dealkylation sites (N-methyl/N-ethyl adjacent to an activating group) is 1. The number of ketones is 1. The summed E-state index contributed by atoms with van der Waals surface area (Å²) < 4.78 is 10.7. The summed E-state index contributed by atoms with van der Waals surface area (Å²) >= 11 is 6.03. The van der Waals surface area contributed by atoms with Crippen molar-refractivity contribution < 1.29 is 29.3 Å². The van der Waals surface area contributed by atoms with Crippen molar-refractivity contribution in [3.05, 3.63) is 58.1 Å². The van der Waals surface area contributed by atoms with E-state index >= 15 is 0 Å². The molecule has 0 bridgehead atoms. The van der Waals surface area contributed by atoms with Gasteiger partial charge < -0.3 is 29.5 Å². The van der Waals surface area contributed by atoms with Crippen LogP contribution in [0.4, 0.5) is 0 Å². The predicted molar refractivity (Wildman–Crippen MR) is 120 cm³/mol. The number of nitrogens with zero attached hydrogens (tertiary/aromatic N) is 2. The van der Waals surface area contributed by atoms with E-state index in [0.717, 1.165) is 0 Å². The van der Waals surface area contributed by atoms with Gasteiger partial charge in [-0.25, -0.2) is 0 Å². The third-order valence-electron chi connectivity index (χ3n) is 5.27. The molecule has 0 unspecified atom stereocenters. The second-order valence-electron chi connectivity index (χ2n) is 7.57. The first-order valence-electron chi connectivity index (χ1n) is 9.83. The van der Waals surface area contributed by atoms with Crippen molar-refractivity contribution in [2.45, 2.75) is 6.04 Å². The van der Waals surface area contributed by atoms with Gasteiger partial charge in [0.15, 0.2) is 11.5 Å². The van der Waals surface area contributed by atoms with Gasteiger partial charge in [-0.2, -0.15) is 0 Å². The van der Waals surface area contributed by atoms with E-state index in [2.05, 4.69) is 0 Å². The van der Waals surface area contributed by atoms with E-state index in [-0.39, 0.29) is 28.5 Å². The number of carbonyl (C=O) groups is 2. The molecule has 2 aromatic rings. The zero-order valence-corrected chi connectivity index (χ0v) is 19.0. The van der Waals surface area contributed by atoms with Gasteiger partial charge in [0.25, 0.3) is 11.7 Å². The molecule has 3 rings (SSSR count). The molecule has 1 fully saturated rings. The zero-order valence-electron chi connectivity index (χ0n) is 18.3. The molecule has 1 aliphatic heterocycles. The third-order valence-corrected chi connectivity index (χ3v) is 5.50. The molecule has 0 spiro atoms. The topological polar surface area (TPSA) is 99.5 Å². The van der Waals surface area contributed by atoms with Crippen LogP contribution in [0.1, 0.15) is 17.2 Å². The number of Topliss-reactive ketones (excluding diaryl/α,β-unsaturated/α-hetero) is 1. The average Bonchev–Trinajstić information content (AvgIpc) is 3.03. The maximum atomic E-state index is 13.0. The number of aliphatic hydroxyl groups excluding tert-OH is 1. The first-order chi connectivity index (χ1) is 15.2. The van der Waals surface area contributed by atoms with Crippen molar-refractivity contribution in [2.24, 2.45) is 0 Å². The lowest BCUT2D eigenvalue weighted by Gasteiger charge is -2.27. The highest BCUT2D eigenvalue weighted by molar-refractivity contribution is 6.46. The number of aromatic hydroxyl groups is 1. The second-order valence-corrected chi connectivity index (χ2v) is 8.01. The number of hydrogen-bond acceptors (Lipinski definition) is 7. The summed E-state index contributed by atoms with van der Waals surface area (Å²) in [6.45, 7) is 0.744. The Labute approximate surface area is 191 Å². The lowest BCUT2D eigenvalue weighted by molar-refractivity contribution is -0.140. The minimum atomic E-state index is -0.895. The Morgan fingerprint density at radius 3 is 2.41 bits per heavy atom. The zero-order chi connectivity index (χ0) is 23.6. The first kappa shape index (κ1) is 23.4. The Morgan fingerprint density at radius 2 is 1.78 bits per heavy atom. The number of phenols is 1. The van der Waals surface area contributed by atoms with Crippen LogP contribution in [-0.4, -0.2) is 73.1 Å². The molecule has 32 heavy (non-hydrogen) atoms. The van der Waals surface area contributed by atoms with Gasteiger partial charge >= 0.3 is 0 Å². The highest BCUT2D eigenvalue weighted by Gasteiger charge is 2.46. The number of methoxy groups -OCH3 is 2. The van der Waals surface area contributed by atoms with Crippen LogP contribution < -0.4 is 9.47 Å². The van der Waals surface area contributed by atoms with E-state index in [1.807, 2.05) is 19.0 Å². The van der Waals surface area contributed by atoms with Gasteiger partial charge in [0.1, 0.15) is 11.5 Å². The molecule has 1 saturated heterocycles. The maximum absolute atomic E-state index is 13.0. The lowest BCUT2D eigenvalue weighted by atomic mass is 9.94. The fourth-order valence-electron chi connectivity index (χ4n) is 3.63. The Balaban J connectivity index is 2.23. The van der Waals surface area contributed by atoms with E-state index in [9.17, 15) is 19.8 Å². The number of aliphatic hydroxyl groups is 1. The SMILES string of the molecule is COc1ccc([C@@H]2C(=C(O)c3cc(Cl)ccc3O)C(=O)C(=O)N2CCN(C)C)cc1OC. The number of benzene rings is 2. The highest BCUT2D eigenvalue weighted by atomic mass is 35.5. The van der Waals surface area contributed by atoms with Gasteiger partial charge in [-0.15, -0.1) is 0 Å². The normalized spacial score (nSPS) is 17.8. The molecule has 170 valence electrons. The van der Waals surface area contributed by atoms with Gasteiger partial charge in [-0.1, -0.05) is 17.7 Å². The minimum Gasteiger partial charge on any atom is -0.507 e. The van der Waals surface area contributed by atoms with Crippen molar-refractivity contribution in [1.29, 1.82) is 0 Å². The fourth-order valence-corrected chi connectivity index (χ4v) is 3.80. The Hall–Kier alpha value is -3.23. The number of likely N-dealkylation sites (tertiary alicyclic amines) is 1. The van der Waals surface area contributed by atoms with Crippen LogP contribution in [0.5, 0.6) is 17.2 Å². The summed E-state index contributed by atoms with van der Waals surface area (Å²) in [6.07, 6.45) is 0. The Kier molecular flexibility index (Phi) is 6.96. The number of amides is 1. The molecular weight excluding hydrogens is 436 g/mol. The molecule has 2 aromatic carbocycles. The molecule has 1 heterocycles. The number of rotatable bonds is 7. The van der Waals surface area contributed by atoms with E-state index in [1.165, 1.54) is 37.3 Å². The molecule has 0 radical (unpaired) electrons. The molecule has 8 nitrogen and oxygen atoms in total. The molecule has 1 amide bonds. The number of phenolic OH excluding ortho intramolecular Hbond substituents is 1. The molecule has 9 heteroatoms. The summed E-state index contributed by atoms with van der Waals surface area (Å²) in [4.78, 5) is 29.3. The van der Waals surface area contributed by atoms with Crippen molar-refractivity contribution in [3.8, 4) is 17.2 Å². The van der Waals surface area contributed by atoms with Gasteiger partial charge in [0.2, 0.25) is 0 Å². The van der Waals surface area contributed by atoms with Crippen LogP contribution in [0.2, 0.25) is 5.02 Å². The number of ether oxygens (including phenoxy) is 2. The standard InChI is InChI=1S/C23H25ClN2O6/c1-25(2)9-10-26-20(13-5-8-17(31-3)18(11-13)32-4)19(22(29)23(26)30)21(28)15-12-14(24)6-7-16(15)27/h5-8,11-12,20,27-28H,9-10H2,1-4H3/t20-/m1/s1. The molecule has 2 N–H and O–H groups in total. The molecule has 0 aliphatic carbocycles. The molecule has 1 aliphatic rings. The predicted octanol–water partition coefficient (Wildman–Crippen LogP) is 3.05. The largest absolute Gasteiger partial charge is 0.507 e. The second kappa shape index (κ2) is 9.50. The van der Waals surface area contributed by atoms with Gasteiger partial charge in [0, 0.05) is 18.1 Å². The summed E-state index contributed by atoms with van der Waals surface area (Å²) in [5.41, 5.74) is 0.371. The van der Waals surface area contributed by atoms with E-state index in [0.29, 0.717) is 23.6 Å². The lowest BCUT2D eigenvalue weighted by Crippen LogP contribution is -2.35. The van der Waals surface area contributed by atoms with Crippen LogP contribution >= 0.6 is 11.6 Å². The number of halogens is 1. The van der Waals surface area contributed by atoms with Crippen molar-refractivity contribution >= 4 is 29.1 Å². The molecule has 0 saturated carbocycles. The first-order valence-corrected chi connectivity index (χ1v) is 10.2. The maximum Gasteiger partial charge on any atom is 0.295 e. The summed E-state index contributed by atoms with van der Waals surface area (Å²) in [7, 11) is 6.69. The van der Waals surface area contributed by atoms with E-state index < -0.39 is 23.5 Å². The van der Waals surface area contributed by atoms with Gasteiger partial charge in [-0.3, -0.25) is 9.59 Å². The van der Waals surface area contributed by atoms with E-state index in [4.69, 9.17) is 21.1 Å². The summed E-state index contributed by atoms with van der Waals surface area (Å²) in [6, 6.07) is 8.23. The fraction of sp³-hybridized carbons (Fsp3) is 0.304. The smallest absolute Gasteiger partial charge is 0.295 e. The molecule has 0 aromatic heterocycles. The summed E-state index contributed by atoms with van der Waals surface area (Å²) in [5, 5.41) is 21.6. The summed E-state index contributed by atoms with van der Waals surface area (Å²) in [5.74, 6) is -1.47. The van der Waals surface area contributed by atoms with Gasteiger partial charge in [-0.05, 0) is 50.0 Å². The van der Waals surface area contributed by atoms with Crippen molar-refractivity contribution in [1.82, 2.24) is 9.80 Å². The quantitative estimate of drug-likeness (QED) is 0.372.